The summed E-state index contributed by atoms with van der Waals surface area (Å²) in [5.41, 5.74) is 0. The lowest BCUT2D eigenvalue weighted by Gasteiger charge is -2.40. The van der Waals surface area contributed by atoms with Crippen LogP contribution < -0.4 is 0 Å². The predicted octanol–water partition coefficient (Wildman–Crippen LogP) is 1.20. The van der Waals surface area contributed by atoms with Crippen LogP contribution in [-0.2, 0) is 9.68 Å². The monoisotopic (exact) mass is 174 g/mol. The Hall–Kier alpha value is -0.160. The number of hydrogen-bond donors (Lipinski definition) is 0. The Bertz CT molecular complexity index is 123. The van der Waals surface area contributed by atoms with Crippen molar-refractivity contribution in [3.8, 4) is 0 Å². The van der Waals surface area contributed by atoms with Gasteiger partial charge in [0.25, 0.3) is 0 Å². The second kappa shape index (κ2) is 4.18. The van der Waals surface area contributed by atoms with Gasteiger partial charge < -0.3 is 0 Å². The van der Waals surface area contributed by atoms with Crippen molar-refractivity contribution in [3.63, 3.8) is 0 Å². The summed E-state index contributed by atoms with van der Waals surface area (Å²) < 4.78 is 0. The number of hydroxylamine groups is 2. The molecule has 1 aliphatic heterocycles. The molecule has 72 valence electrons. The first-order valence-electron chi connectivity index (χ1n) is 4.47. The van der Waals surface area contributed by atoms with E-state index in [4.69, 9.17) is 9.68 Å². The lowest BCUT2D eigenvalue weighted by Crippen LogP contribution is -2.53. The first kappa shape index (κ1) is 9.92. The van der Waals surface area contributed by atoms with Gasteiger partial charge in [-0.15, -0.1) is 0 Å². The van der Waals surface area contributed by atoms with E-state index in [1.807, 2.05) is 0 Å². The fraction of sp³-hybridized carbons (Fsp3) is 1.00. The molecule has 1 rings (SSSR count). The first-order chi connectivity index (χ1) is 5.63. The Kier molecular flexibility index (Phi) is 3.46. The van der Waals surface area contributed by atoms with Gasteiger partial charge in [0.15, 0.2) is 0 Å². The lowest BCUT2D eigenvalue weighted by atomic mass is 10.4. The summed E-state index contributed by atoms with van der Waals surface area (Å²) in [5.74, 6) is 0. The highest BCUT2D eigenvalue weighted by Gasteiger charge is 2.26. The third kappa shape index (κ3) is 2.17. The van der Waals surface area contributed by atoms with E-state index in [1.54, 1.807) is 10.3 Å². The molecule has 0 aromatic heterocycles. The molecule has 0 aromatic rings. The number of rotatable bonds is 2. The van der Waals surface area contributed by atoms with E-state index in [2.05, 4.69) is 27.7 Å². The second-order valence-corrected chi connectivity index (χ2v) is 3.46. The van der Waals surface area contributed by atoms with Crippen molar-refractivity contribution in [1.29, 1.82) is 0 Å². The Balaban J connectivity index is 2.54. The second-order valence-electron chi connectivity index (χ2n) is 3.46. The zero-order valence-corrected chi connectivity index (χ0v) is 8.28. The van der Waals surface area contributed by atoms with Gasteiger partial charge in [0.2, 0.25) is 0 Å². The molecule has 0 unspecified atom stereocenters. The van der Waals surface area contributed by atoms with Crippen LogP contribution in [0.15, 0.2) is 0 Å². The normalized spacial score (nSPS) is 22.5. The molecule has 0 radical (unpaired) electrons. The Labute approximate surface area is 73.9 Å². The average Bonchev–Trinajstić information content (AvgIpc) is 2.04. The highest BCUT2D eigenvalue weighted by Crippen LogP contribution is 2.14. The number of nitrogens with zero attached hydrogens (tertiary/aromatic N) is 2. The summed E-state index contributed by atoms with van der Waals surface area (Å²) in [5, 5.41) is 3.57. The van der Waals surface area contributed by atoms with Crippen LogP contribution in [0.25, 0.3) is 0 Å². The summed E-state index contributed by atoms with van der Waals surface area (Å²) in [6.07, 6.45) is 0. The smallest absolute Gasteiger partial charge is 0.0957 e. The summed E-state index contributed by atoms with van der Waals surface area (Å²) in [6.45, 7) is 9.57. The zero-order chi connectivity index (χ0) is 9.14. The van der Waals surface area contributed by atoms with Crippen LogP contribution in [0.4, 0.5) is 0 Å². The Morgan fingerprint density at radius 2 is 1.17 bits per heavy atom. The highest BCUT2D eigenvalue weighted by atomic mass is 16.9. The maximum atomic E-state index is 5.45. The van der Waals surface area contributed by atoms with Crippen molar-refractivity contribution in [2.24, 2.45) is 0 Å². The summed E-state index contributed by atoms with van der Waals surface area (Å²) in [7, 11) is 0. The number of hydrazine groups is 1. The molecule has 0 aromatic carbocycles. The molecular weight excluding hydrogens is 156 g/mol. The number of hydrogen-bond acceptors (Lipinski definition) is 4. The SMILES string of the molecule is CC(C)N1OCCON1C(C)C. The predicted molar refractivity (Wildman–Crippen MR) is 45.9 cm³/mol. The van der Waals surface area contributed by atoms with Gasteiger partial charge in [-0.25, -0.2) is 0 Å². The van der Waals surface area contributed by atoms with E-state index in [0.29, 0.717) is 25.3 Å². The Morgan fingerprint density at radius 1 is 0.833 bits per heavy atom. The molecule has 4 nitrogen and oxygen atoms in total. The van der Waals surface area contributed by atoms with Gasteiger partial charge in [0.05, 0.1) is 13.2 Å². The van der Waals surface area contributed by atoms with Crippen LogP contribution in [0.2, 0.25) is 0 Å². The standard InChI is InChI=1S/C8H18N2O2/c1-7(2)9-10(8(3)4)12-6-5-11-9/h7-8H,5-6H2,1-4H3. The largest absolute Gasteiger partial charge is 0.279 e. The van der Waals surface area contributed by atoms with Crippen molar-refractivity contribution in [3.05, 3.63) is 0 Å². The van der Waals surface area contributed by atoms with Gasteiger partial charge in [0, 0.05) is 12.1 Å². The van der Waals surface area contributed by atoms with Gasteiger partial charge in [0.1, 0.15) is 0 Å². The van der Waals surface area contributed by atoms with Crippen LogP contribution in [0.3, 0.4) is 0 Å². The van der Waals surface area contributed by atoms with Gasteiger partial charge in [-0.05, 0) is 27.7 Å². The molecule has 1 aliphatic rings. The van der Waals surface area contributed by atoms with E-state index in [0.717, 1.165) is 0 Å². The lowest BCUT2D eigenvalue weighted by molar-refractivity contribution is -0.465. The molecule has 1 saturated heterocycles. The maximum absolute atomic E-state index is 5.45. The minimum Gasteiger partial charge on any atom is -0.279 e. The zero-order valence-electron chi connectivity index (χ0n) is 8.28. The van der Waals surface area contributed by atoms with Crippen LogP contribution in [-0.4, -0.2) is 35.6 Å². The molecule has 0 bridgehead atoms. The fourth-order valence-corrected chi connectivity index (χ4v) is 1.13. The quantitative estimate of drug-likeness (QED) is 0.628. The maximum Gasteiger partial charge on any atom is 0.0957 e. The van der Waals surface area contributed by atoms with Crippen LogP contribution in [0.5, 0.6) is 0 Å². The van der Waals surface area contributed by atoms with Crippen molar-refractivity contribution < 1.29 is 9.68 Å². The van der Waals surface area contributed by atoms with Crippen LogP contribution in [0.1, 0.15) is 27.7 Å². The summed E-state index contributed by atoms with van der Waals surface area (Å²) in [4.78, 5) is 10.9. The minimum atomic E-state index is 0.313. The van der Waals surface area contributed by atoms with Crippen molar-refractivity contribution in [2.75, 3.05) is 13.2 Å². The van der Waals surface area contributed by atoms with Gasteiger partial charge in [-0.2, -0.15) is 0 Å². The fourth-order valence-electron chi connectivity index (χ4n) is 1.13. The summed E-state index contributed by atoms with van der Waals surface area (Å²) in [6, 6.07) is 0.625. The topological polar surface area (TPSA) is 24.9 Å². The van der Waals surface area contributed by atoms with E-state index in [1.165, 1.54) is 0 Å². The van der Waals surface area contributed by atoms with E-state index in [-0.39, 0.29) is 0 Å². The van der Waals surface area contributed by atoms with E-state index >= 15 is 0 Å². The van der Waals surface area contributed by atoms with E-state index < -0.39 is 0 Å². The van der Waals surface area contributed by atoms with Gasteiger partial charge in [-0.1, -0.05) is 10.3 Å². The molecule has 0 amide bonds. The third-order valence-electron chi connectivity index (χ3n) is 1.61. The van der Waals surface area contributed by atoms with Crippen LogP contribution >= 0.6 is 0 Å². The molecule has 1 heterocycles. The average molecular weight is 174 g/mol. The minimum absolute atomic E-state index is 0.313. The van der Waals surface area contributed by atoms with Crippen molar-refractivity contribution in [1.82, 2.24) is 10.3 Å². The molecule has 0 saturated carbocycles. The molecule has 12 heavy (non-hydrogen) atoms. The molecular formula is C8H18N2O2. The van der Waals surface area contributed by atoms with Gasteiger partial charge >= 0.3 is 0 Å². The van der Waals surface area contributed by atoms with E-state index in [9.17, 15) is 0 Å². The molecule has 1 fully saturated rings. The first-order valence-corrected chi connectivity index (χ1v) is 4.47. The molecule has 0 atom stereocenters. The third-order valence-corrected chi connectivity index (χ3v) is 1.61. The van der Waals surface area contributed by atoms with Gasteiger partial charge in [-0.3, -0.25) is 9.68 Å². The summed E-state index contributed by atoms with van der Waals surface area (Å²) >= 11 is 0. The highest BCUT2D eigenvalue weighted by molar-refractivity contribution is 4.54. The molecule has 0 spiro atoms. The van der Waals surface area contributed by atoms with Crippen molar-refractivity contribution in [2.45, 2.75) is 39.8 Å². The Morgan fingerprint density at radius 3 is 1.42 bits per heavy atom. The van der Waals surface area contributed by atoms with Crippen molar-refractivity contribution >= 4 is 0 Å². The van der Waals surface area contributed by atoms with Crippen LogP contribution in [0, 0.1) is 0 Å². The molecule has 0 N–H and O–H groups in total. The molecule has 0 aliphatic carbocycles. The molecule has 4 heteroatoms.